The molecule has 2 aliphatic rings. The van der Waals surface area contributed by atoms with E-state index >= 15 is 0 Å². The first-order chi connectivity index (χ1) is 11.8. The lowest BCUT2D eigenvalue weighted by molar-refractivity contribution is -0.142. The molecule has 8 heteroatoms. The van der Waals surface area contributed by atoms with Gasteiger partial charge in [0.2, 0.25) is 11.8 Å². The SMILES string of the molecule is CC(C)[C@@H](C(=O)N1CC(O)CC1C(N)=O)N1Cc2ccccc2C1=O.Cl. The second-order valence-electron chi connectivity index (χ2n) is 7.08. The van der Waals surface area contributed by atoms with Gasteiger partial charge in [-0.3, -0.25) is 14.4 Å². The van der Waals surface area contributed by atoms with E-state index in [1.165, 1.54) is 4.90 Å². The van der Waals surface area contributed by atoms with Gasteiger partial charge in [0.05, 0.1) is 6.10 Å². The molecule has 3 amide bonds. The number of nitrogens with two attached hydrogens (primary N) is 1. The van der Waals surface area contributed by atoms with Gasteiger partial charge >= 0.3 is 0 Å². The molecular weight excluding hydrogens is 358 g/mol. The Bertz CT molecular complexity index is 724. The Balaban J connectivity index is 0.00000243. The van der Waals surface area contributed by atoms with Crippen LogP contribution in [-0.2, 0) is 16.1 Å². The molecule has 7 nitrogen and oxygen atoms in total. The number of nitrogens with zero attached hydrogens (tertiary/aromatic N) is 2. The number of carbonyl (C=O) groups is 3. The molecule has 2 unspecified atom stereocenters. The molecule has 142 valence electrons. The maximum Gasteiger partial charge on any atom is 0.255 e. The number of hydrogen-bond acceptors (Lipinski definition) is 4. The fraction of sp³-hybridized carbons (Fsp3) is 0.500. The van der Waals surface area contributed by atoms with Gasteiger partial charge in [-0.1, -0.05) is 32.0 Å². The number of likely N-dealkylation sites (tertiary alicyclic amines) is 1. The van der Waals surface area contributed by atoms with Gasteiger partial charge in [-0.2, -0.15) is 0 Å². The summed E-state index contributed by atoms with van der Waals surface area (Å²) in [5.41, 5.74) is 6.88. The number of hydrogen-bond donors (Lipinski definition) is 2. The zero-order chi connectivity index (χ0) is 18.3. The van der Waals surface area contributed by atoms with Gasteiger partial charge in [0.25, 0.3) is 5.91 Å². The summed E-state index contributed by atoms with van der Waals surface area (Å²) in [6.07, 6.45) is -0.638. The Morgan fingerprint density at radius 1 is 1.27 bits per heavy atom. The molecule has 1 fully saturated rings. The van der Waals surface area contributed by atoms with Gasteiger partial charge in [-0.25, -0.2) is 0 Å². The van der Waals surface area contributed by atoms with Crippen LogP contribution in [0.2, 0.25) is 0 Å². The second kappa shape index (κ2) is 7.63. The van der Waals surface area contributed by atoms with Crippen LogP contribution in [0, 0.1) is 5.92 Å². The molecule has 26 heavy (non-hydrogen) atoms. The van der Waals surface area contributed by atoms with Crippen LogP contribution in [0.5, 0.6) is 0 Å². The topological polar surface area (TPSA) is 104 Å². The highest BCUT2D eigenvalue weighted by Gasteiger charge is 2.45. The summed E-state index contributed by atoms with van der Waals surface area (Å²) in [6.45, 7) is 4.15. The van der Waals surface area contributed by atoms with Crippen molar-refractivity contribution in [1.29, 1.82) is 0 Å². The molecule has 1 aromatic rings. The molecule has 3 N–H and O–H groups in total. The maximum absolute atomic E-state index is 13.1. The average molecular weight is 382 g/mol. The fourth-order valence-corrected chi connectivity index (χ4v) is 3.78. The number of rotatable bonds is 4. The van der Waals surface area contributed by atoms with Gasteiger partial charge in [-0.15, -0.1) is 12.4 Å². The van der Waals surface area contributed by atoms with E-state index in [1.54, 1.807) is 17.0 Å². The van der Waals surface area contributed by atoms with Crippen molar-refractivity contribution in [3.05, 3.63) is 35.4 Å². The van der Waals surface area contributed by atoms with Crippen molar-refractivity contribution < 1.29 is 19.5 Å². The highest BCUT2D eigenvalue weighted by atomic mass is 35.5. The predicted octanol–water partition coefficient (Wildman–Crippen LogP) is 0.536. The molecular formula is C18H24ClN3O4. The van der Waals surface area contributed by atoms with Gasteiger partial charge in [0, 0.05) is 25.1 Å². The lowest BCUT2D eigenvalue weighted by Crippen LogP contribution is -2.54. The summed E-state index contributed by atoms with van der Waals surface area (Å²) < 4.78 is 0. The molecule has 2 aliphatic heterocycles. The quantitative estimate of drug-likeness (QED) is 0.794. The number of primary amides is 1. The van der Waals surface area contributed by atoms with Crippen LogP contribution in [0.25, 0.3) is 0 Å². The molecule has 3 atom stereocenters. The lowest BCUT2D eigenvalue weighted by atomic mass is 10.0. The van der Waals surface area contributed by atoms with E-state index in [0.29, 0.717) is 12.1 Å². The summed E-state index contributed by atoms with van der Waals surface area (Å²) in [7, 11) is 0. The van der Waals surface area contributed by atoms with Crippen molar-refractivity contribution in [2.24, 2.45) is 11.7 Å². The third-order valence-electron chi connectivity index (χ3n) is 4.96. The van der Waals surface area contributed by atoms with Crippen molar-refractivity contribution in [1.82, 2.24) is 9.80 Å². The van der Waals surface area contributed by atoms with Crippen LogP contribution < -0.4 is 5.73 Å². The van der Waals surface area contributed by atoms with Gasteiger partial charge in [0.15, 0.2) is 0 Å². The van der Waals surface area contributed by atoms with Crippen molar-refractivity contribution >= 4 is 30.1 Å². The van der Waals surface area contributed by atoms with Gasteiger partial charge in [-0.05, 0) is 17.5 Å². The number of halogens is 1. The van der Waals surface area contributed by atoms with E-state index in [2.05, 4.69) is 0 Å². The van der Waals surface area contributed by atoms with E-state index < -0.39 is 24.1 Å². The normalized spacial score (nSPS) is 23.0. The zero-order valence-corrected chi connectivity index (χ0v) is 15.6. The zero-order valence-electron chi connectivity index (χ0n) is 14.8. The number of β-amino-alcohol motifs (C(OH)–C–C–N with tert-alkyl or cyclic N) is 1. The number of aliphatic hydroxyl groups is 1. The molecule has 1 saturated heterocycles. The van der Waals surface area contributed by atoms with Crippen molar-refractivity contribution in [3.8, 4) is 0 Å². The standard InChI is InChI=1S/C18H23N3O4.ClH/c1-10(2)15(18(25)20-9-12(22)7-14(20)16(19)23)21-8-11-5-3-4-6-13(11)17(21)24;/h3-6,10,12,14-15,22H,7-9H2,1-2H3,(H2,19,23);1H/t12?,14?,15-;/m0./s1. The summed E-state index contributed by atoms with van der Waals surface area (Å²) in [4.78, 5) is 40.4. The second-order valence-corrected chi connectivity index (χ2v) is 7.08. The molecule has 1 aromatic carbocycles. The van der Waals surface area contributed by atoms with Crippen LogP contribution in [0.4, 0.5) is 0 Å². The van der Waals surface area contributed by atoms with Crippen LogP contribution in [0.3, 0.4) is 0 Å². The third-order valence-corrected chi connectivity index (χ3v) is 4.96. The fourth-order valence-electron chi connectivity index (χ4n) is 3.78. The highest BCUT2D eigenvalue weighted by molar-refractivity contribution is 6.01. The average Bonchev–Trinajstić information content (AvgIpc) is 3.09. The smallest absolute Gasteiger partial charge is 0.255 e. The summed E-state index contributed by atoms with van der Waals surface area (Å²) in [6, 6.07) is 5.76. The van der Waals surface area contributed by atoms with E-state index in [-0.39, 0.29) is 43.1 Å². The summed E-state index contributed by atoms with van der Waals surface area (Å²) in [5.74, 6) is -1.30. The van der Waals surface area contributed by atoms with E-state index in [0.717, 1.165) is 5.56 Å². The number of amides is 3. The highest BCUT2D eigenvalue weighted by Crippen LogP contribution is 2.29. The summed E-state index contributed by atoms with van der Waals surface area (Å²) >= 11 is 0. The minimum atomic E-state index is -0.830. The van der Waals surface area contributed by atoms with Crippen molar-refractivity contribution in [3.63, 3.8) is 0 Å². The Hall–Kier alpha value is -2.12. The molecule has 0 bridgehead atoms. The third kappa shape index (κ3) is 3.41. The first kappa shape index (κ1) is 20.2. The number of aliphatic hydroxyl groups excluding tert-OH is 1. The number of carbonyl (C=O) groups excluding carboxylic acids is 3. The van der Waals surface area contributed by atoms with Crippen LogP contribution in [0.15, 0.2) is 24.3 Å². The van der Waals surface area contributed by atoms with Gasteiger partial charge < -0.3 is 20.6 Å². The largest absolute Gasteiger partial charge is 0.391 e. The van der Waals surface area contributed by atoms with E-state index in [9.17, 15) is 19.5 Å². The molecule has 2 heterocycles. The first-order valence-electron chi connectivity index (χ1n) is 8.48. The number of fused-ring (bicyclic) bond motifs is 1. The van der Waals surface area contributed by atoms with Crippen LogP contribution >= 0.6 is 12.4 Å². The first-order valence-corrected chi connectivity index (χ1v) is 8.48. The Morgan fingerprint density at radius 2 is 1.92 bits per heavy atom. The summed E-state index contributed by atoms with van der Waals surface area (Å²) in [5, 5.41) is 9.87. The van der Waals surface area contributed by atoms with Gasteiger partial charge in [0.1, 0.15) is 12.1 Å². The molecule has 0 aliphatic carbocycles. The minimum absolute atomic E-state index is 0. The van der Waals surface area contributed by atoms with Crippen LogP contribution in [0.1, 0.15) is 36.2 Å². The molecule has 3 rings (SSSR count). The monoisotopic (exact) mass is 381 g/mol. The number of benzene rings is 1. The predicted molar refractivity (Wildman–Crippen MR) is 97.5 cm³/mol. The lowest BCUT2D eigenvalue weighted by Gasteiger charge is -2.34. The maximum atomic E-state index is 13.1. The Morgan fingerprint density at radius 3 is 2.50 bits per heavy atom. The van der Waals surface area contributed by atoms with E-state index in [4.69, 9.17) is 5.73 Å². The minimum Gasteiger partial charge on any atom is -0.391 e. The molecule has 0 saturated carbocycles. The Kier molecular flexibility index (Phi) is 5.93. The Labute approximate surface area is 158 Å². The molecule has 0 spiro atoms. The van der Waals surface area contributed by atoms with Crippen molar-refractivity contribution in [2.75, 3.05) is 6.54 Å². The molecule has 0 radical (unpaired) electrons. The molecule has 0 aromatic heterocycles. The van der Waals surface area contributed by atoms with Crippen molar-refractivity contribution in [2.45, 2.75) is 45.0 Å². The van der Waals surface area contributed by atoms with E-state index in [1.807, 2.05) is 26.0 Å². The van der Waals surface area contributed by atoms with Crippen LogP contribution in [-0.4, -0.2) is 57.4 Å².